The smallest absolute Gasteiger partial charge is 0.389 e. The summed E-state index contributed by atoms with van der Waals surface area (Å²) < 4.78 is 107. The first kappa shape index (κ1) is 56.5. The predicted molar refractivity (Wildman–Crippen MR) is 233 cm³/mol. The summed E-state index contributed by atoms with van der Waals surface area (Å²) in [6.07, 6.45) is -2.67. The fourth-order valence-electron chi connectivity index (χ4n) is 3.43. The van der Waals surface area contributed by atoms with Gasteiger partial charge in [0.1, 0.15) is 0 Å². The van der Waals surface area contributed by atoms with E-state index in [1.165, 1.54) is 0 Å². The molecule has 0 saturated carbocycles. The van der Waals surface area contributed by atoms with Crippen molar-refractivity contribution in [1.82, 2.24) is 0 Å². The van der Waals surface area contributed by atoms with E-state index in [9.17, 15) is 23.1 Å². The Morgan fingerprint density at radius 2 is 0.782 bits per heavy atom. The molecule has 0 bridgehead atoms. The Balaban J connectivity index is 6.10. The van der Waals surface area contributed by atoms with Crippen LogP contribution in [0.4, 0.5) is 0 Å². The van der Waals surface area contributed by atoms with Gasteiger partial charge in [0.2, 0.25) is 0 Å². The van der Waals surface area contributed by atoms with E-state index >= 15 is 0 Å². The molecule has 4 atom stereocenters. The number of carbonyl (C=O) groups excluding carboxylic acids is 1. The lowest BCUT2D eigenvalue weighted by atomic mass is 10.2. The Bertz CT molecular complexity index is 1170. The molecule has 14 nitrogen and oxygen atoms in total. The third kappa shape index (κ3) is 29.4. The summed E-state index contributed by atoms with van der Waals surface area (Å²) in [7, 11) is 0. The minimum Gasteiger partial charge on any atom is -0.466 e. The molecule has 0 heterocycles. The first-order valence-corrected chi connectivity index (χ1v) is 31.3. The first-order chi connectivity index (χ1) is 25.3. The van der Waals surface area contributed by atoms with Crippen LogP contribution in [0.3, 0.4) is 0 Å². The molecular formula is C33H70O14P4S4. The van der Waals surface area contributed by atoms with E-state index in [-0.39, 0.29) is 86.1 Å². The van der Waals surface area contributed by atoms with Crippen LogP contribution in [0, 0.1) is 23.7 Å². The Kier molecular flexibility index (Phi) is 29.7. The van der Waals surface area contributed by atoms with Crippen LogP contribution in [0.2, 0.25) is 0 Å². The van der Waals surface area contributed by atoms with Gasteiger partial charge in [0.15, 0.2) is 0 Å². The number of esters is 1. The molecule has 0 aliphatic carbocycles. The maximum Gasteiger partial charge on any atom is 0.389 e. The Morgan fingerprint density at radius 3 is 1.07 bits per heavy atom. The van der Waals surface area contributed by atoms with Crippen molar-refractivity contribution in [2.75, 3.05) is 56.0 Å². The molecule has 0 saturated heterocycles. The first-order valence-electron chi connectivity index (χ1n) is 18.8. The second-order valence-electron chi connectivity index (χ2n) is 14.7. The summed E-state index contributed by atoms with van der Waals surface area (Å²) in [6.45, 7) is 11.9. The molecule has 0 N–H and O–H groups in total. The standard InChI is InChI=1S/C33H70O14P4S4/c1-15-39-33(34)16-17-52-50(37,44-29(10)11)45-32(14)24-55-51(38,46-30(12)22-53-48(35,40-18-25(2)3)41-19-26(4)5)47-31(13)23-54-49(36,42-20-27(6)7)43-21-28(8)9/h25-32H,15-24H2,1-14H3. The fraction of sp³-hybridized carbons (Fsp3) is 0.970. The van der Waals surface area contributed by atoms with Gasteiger partial charge >= 0.3 is 33.2 Å². The van der Waals surface area contributed by atoms with Crippen LogP contribution < -0.4 is 0 Å². The van der Waals surface area contributed by atoms with E-state index in [0.29, 0.717) is 0 Å². The zero-order valence-electron chi connectivity index (χ0n) is 35.3. The van der Waals surface area contributed by atoms with E-state index in [1.54, 1.807) is 41.5 Å². The number of rotatable bonds is 34. The van der Waals surface area contributed by atoms with Crippen molar-refractivity contribution >= 4 is 78.7 Å². The number of ether oxygens (including phenoxy) is 1. The molecule has 0 aliphatic heterocycles. The highest BCUT2D eigenvalue weighted by molar-refractivity contribution is 8.56. The summed E-state index contributed by atoms with van der Waals surface area (Å²) in [5, 5.41) is 0. The number of hydrogen-bond acceptors (Lipinski definition) is 18. The van der Waals surface area contributed by atoms with E-state index < -0.39 is 57.6 Å². The lowest BCUT2D eigenvalue weighted by Gasteiger charge is -2.28. The minimum absolute atomic E-state index is 0.0157. The summed E-state index contributed by atoms with van der Waals surface area (Å²) in [6, 6.07) is 0. The quantitative estimate of drug-likeness (QED) is 0.0441. The van der Waals surface area contributed by atoms with Gasteiger partial charge in [-0.05, 0) is 111 Å². The molecule has 330 valence electrons. The van der Waals surface area contributed by atoms with Gasteiger partial charge in [-0.3, -0.25) is 22.9 Å². The van der Waals surface area contributed by atoms with Crippen LogP contribution in [0.1, 0.15) is 103 Å². The second-order valence-corrected chi connectivity index (χ2v) is 31.1. The van der Waals surface area contributed by atoms with E-state index in [4.69, 9.17) is 40.9 Å². The van der Waals surface area contributed by atoms with Crippen LogP contribution >= 0.6 is 72.7 Å². The van der Waals surface area contributed by atoms with Crippen molar-refractivity contribution in [1.29, 1.82) is 0 Å². The van der Waals surface area contributed by atoms with E-state index in [2.05, 4.69) is 0 Å². The third-order valence-electron chi connectivity index (χ3n) is 5.79. The summed E-state index contributed by atoms with van der Waals surface area (Å²) in [5.74, 6) is 0.440. The Morgan fingerprint density at radius 1 is 0.473 bits per heavy atom. The SMILES string of the molecule is CCOC(=O)CCSP(=O)(OC(C)C)OC(C)CSP(=O)(OC(C)CSP(=O)(OCC(C)C)OCC(C)C)OC(C)CSP(=O)(OCC(C)C)OCC(C)C. The molecule has 22 heteroatoms. The summed E-state index contributed by atoms with van der Waals surface area (Å²) in [4.78, 5) is 11.9. The fourth-order valence-corrected chi connectivity index (χ4v) is 19.0. The largest absolute Gasteiger partial charge is 0.466 e. The van der Waals surface area contributed by atoms with Crippen LogP contribution in [0.5, 0.6) is 0 Å². The highest BCUT2D eigenvalue weighted by Crippen LogP contribution is 2.67. The molecule has 55 heavy (non-hydrogen) atoms. The summed E-state index contributed by atoms with van der Waals surface area (Å²) >= 11 is 3.68. The molecule has 0 aromatic heterocycles. The maximum atomic E-state index is 14.5. The molecule has 0 radical (unpaired) electrons. The summed E-state index contributed by atoms with van der Waals surface area (Å²) in [5.41, 5.74) is 0. The molecule has 0 aliphatic rings. The van der Waals surface area contributed by atoms with Gasteiger partial charge in [-0.2, -0.15) is 0 Å². The van der Waals surface area contributed by atoms with Crippen LogP contribution in [0.25, 0.3) is 0 Å². The van der Waals surface area contributed by atoms with Gasteiger partial charge in [0.05, 0.1) is 63.9 Å². The van der Waals surface area contributed by atoms with Gasteiger partial charge in [0, 0.05) is 23.0 Å². The molecule has 0 amide bonds. The van der Waals surface area contributed by atoms with E-state index in [1.807, 2.05) is 55.4 Å². The van der Waals surface area contributed by atoms with Crippen molar-refractivity contribution in [3.8, 4) is 0 Å². The molecule has 0 aromatic rings. The minimum atomic E-state index is -4.04. The monoisotopic (exact) mass is 942 g/mol. The lowest BCUT2D eigenvalue weighted by Crippen LogP contribution is -2.17. The maximum absolute atomic E-state index is 14.5. The van der Waals surface area contributed by atoms with Gasteiger partial charge in [0.25, 0.3) is 0 Å². The van der Waals surface area contributed by atoms with Crippen molar-refractivity contribution in [3.05, 3.63) is 0 Å². The van der Waals surface area contributed by atoms with Gasteiger partial charge in [-0.1, -0.05) is 55.4 Å². The Labute approximate surface area is 348 Å². The third-order valence-corrected chi connectivity index (χ3v) is 21.7. The predicted octanol–water partition coefficient (Wildman–Crippen LogP) is 12.6. The van der Waals surface area contributed by atoms with Crippen LogP contribution in [0.15, 0.2) is 0 Å². The topological polar surface area (TPSA) is 168 Å². The van der Waals surface area contributed by atoms with Crippen LogP contribution in [-0.4, -0.2) is 86.4 Å². The van der Waals surface area contributed by atoms with Crippen LogP contribution in [-0.2, 0) is 64.0 Å². The highest BCUT2D eigenvalue weighted by atomic mass is 32.7. The number of hydrogen-bond donors (Lipinski definition) is 0. The average Bonchev–Trinajstić information content (AvgIpc) is 3.05. The molecule has 0 fully saturated rings. The van der Waals surface area contributed by atoms with E-state index in [0.717, 1.165) is 45.5 Å². The van der Waals surface area contributed by atoms with Gasteiger partial charge in [-0.15, -0.1) is 0 Å². The molecular weight excluding hydrogens is 873 g/mol. The molecule has 0 rings (SSSR count). The zero-order valence-corrected chi connectivity index (χ0v) is 42.2. The van der Waals surface area contributed by atoms with Crippen molar-refractivity contribution in [2.24, 2.45) is 23.7 Å². The number of carbonyl (C=O) groups is 1. The zero-order chi connectivity index (χ0) is 42.5. The molecule has 0 spiro atoms. The Hall–Kier alpha value is 1.47. The van der Waals surface area contributed by atoms with Crippen molar-refractivity contribution in [2.45, 2.75) is 128 Å². The van der Waals surface area contributed by atoms with Gasteiger partial charge in [-0.25, -0.2) is 18.3 Å². The van der Waals surface area contributed by atoms with Gasteiger partial charge < -0.3 is 22.8 Å². The average molecular weight is 943 g/mol. The normalized spacial score (nSPS) is 16.9. The molecule has 4 unspecified atom stereocenters. The second kappa shape index (κ2) is 28.9. The molecule has 0 aromatic carbocycles. The lowest BCUT2D eigenvalue weighted by molar-refractivity contribution is -0.142. The highest BCUT2D eigenvalue weighted by Gasteiger charge is 2.37. The van der Waals surface area contributed by atoms with Crippen molar-refractivity contribution < 1.29 is 64.0 Å². The van der Waals surface area contributed by atoms with Crippen molar-refractivity contribution in [3.63, 3.8) is 0 Å².